The van der Waals surface area contributed by atoms with Crippen LogP contribution in [0.3, 0.4) is 0 Å². The Morgan fingerprint density at radius 2 is 1.84 bits per heavy atom. The maximum absolute atomic E-state index is 11.7. The third-order valence-electron chi connectivity index (χ3n) is 2.37. The fourth-order valence-electron chi connectivity index (χ4n) is 1.53. The highest BCUT2D eigenvalue weighted by atomic mass is 16.5. The van der Waals surface area contributed by atoms with Gasteiger partial charge in [-0.15, -0.1) is 0 Å². The second-order valence-corrected chi connectivity index (χ2v) is 3.80. The van der Waals surface area contributed by atoms with Gasteiger partial charge in [0, 0.05) is 18.1 Å². The molecule has 0 radical (unpaired) electrons. The van der Waals surface area contributed by atoms with Crippen LogP contribution < -0.4 is 0 Å². The first-order valence-electron chi connectivity index (χ1n) is 6.25. The van der Waals surface area contributed by atoms with E-state index in [-0.39, 0.29) is 5.97 Å². The van der Waals surface area contributed by atoms with E-state index in [4.69, 9.17) is 9.47 Å². The van der Waals surface area contributed by atoms with Crippen LogP contribution in [0.2, 0.25) is 0 Å². The topological polar surface area (TPSA) is 52.6 Å². The van der Waals surface area contributed by atoms with Gasteiger partial charge in [0.2, 0.25) is 0 Å². The maximum atomic E-state index is 11.7. The van der Waals surface area contributed by atoms with Crippen LogP contribution in [0.5, 0.6) is 0 Å². The Labute approximate surface area is 113 Å². The molecule has 0 unspecified atom stereocenters. The molecule has 0 amide bonds. The van der Waals surface area contributed by atoms with E-state index in [1.807, 2.05) is 12.2 Å². The lowest BCUT2D eigenvalue weighted by molar-refractivity contribution is -0.139. The Morgan fingerprint density at radius 3 is 2.53 bits per heavy atom. The molecule has 1 aliphatic rings. The van der Waals surface area contributed by atoms with E-state index in [1.54, 1.807) is 32.1 Å². The van der Waals surface area contributed by atoms with Crippen LogP contribution in [-0.2, 0) is 19.1 Å². The first-order chi connectivity index (χ1) is 9.17. The van der Waals surface area contributed by atoms with Gasteiger partial charge in [0.05, 0.1) is 13.2 Å². The molecule has 0 saturated carbocycles. The highest BCUT2D eigenvalue weighted by molar-refractivity contribution is 5.90. The predicted molar refractivity (Wildman–Crippen MR) is 72.3 cm³/mol. The highest BCUT2D eigenvalue weighted by Crippen LogP contribution is 2.17. The standard InChI is InChI=1S/C15H18O4/c1-3-18-14(16)10-9-12-7-5-6-8-13(11-12)15(17)19-4-2/h5-10H,3-4,11H2,1-2H3/b10-9+. The van der Waals surface area contributed by atoms with E-state index in [1.165, 1.54) is 6.08 Å². The molecule has 0 bridgehead atoms. The third-order valence-corrected chi connectivity index (χ3v) is 2.37. The Morgan fingerprint density at radius 1 is 1.16 bits per heavy atom. The lowest BCUT2D eigenvalue weighted by Gasteiger charge is -2.06. The smallest absolute Gasteiger partial charge is 0.334 e. The average molecular weight is 262 g/mol. The van der Waals surface area contributed by atoms with Crippen LogP contribution in [0.25, 0.3) is 0 Å². The zero-order valence-electron chi connectivity index (χ0n) is 11.2. The minimum atomic E-state index is -0.390. The molecule has 4 heteroatoms. The minimum Gasteiger partial charge on any atom is -0.463 e. The number of carbonyl (C=O) groups is 2. The van der Waals surface area contributed by atoms with Gasteiger partial charge in [0.15, 0.2) is 0 Å². The van der Waals surface area contributed by atoms with E-state index >= 15 is 0 Å². The number of carbonyl (C=O) groups excluding carboxylic acids is 2. The van der Waals surface area contributed by atoms with Crippen LogP contribution in [0.15, 0.2) is 47.6 Å². The summed E-state index contributed by atoms with van der Waals surface area (Å²) in [6.45, 7) is 4.21. The lowest BCUT2D eigenvalue weighted by atomic mass is 10.1. The van der Waals surface area contributed by atoms with E-state index in [0.717, 1.165) is 5.57 Å². The quantitative estimate of drug-likeness (QED) is 0.564. The second-order valence-electron chi connectivity index (χ2n) is 3.80. The molecule has 0 aromatic heterocycles. The molecular weight excluding hydrogens is 244 g/mol. The summed E-state index contributed by atoms with van der Waals surface area (Å²) < 4.78 is 9.77. The Kier molecular flexibility index (Phi) is 6.36. The van der Waals surface area contributed by atoms with Gasteiger partial charge in [-0.25, -0.2) is 9.59 Å². The van der Waals surface area contributed by atoms with Crippen LogP contribution in [-0.4, -0.2) is 25.2 Å². The van der Waals surface area contributed by atoms with E-state index in [9.17, 15) is 9.59 Å². The van der Waals surface area contributed by atoms with E-state index in [2.05, 4.69) is 0 Å². The van der Waals surface area contributed by atoms with Gasteiger partial charge in [-0.3, -0.25) is 0 Å². The summed E-state index contributed by atoms with van der Waals surface area (Å²) in [6, 6.07) is 0. The van der Waals surface area contributed by atoms with E-state index < -0.39 is 5.97 Å². The number of hydrogen-bond acceptors (Lipinski definition) is 4. The Bertz CT molecular complexity index is 453. The van der Waals surface area contributed by atoms with Gasteiger partial charge in [-0.05, 0) is 19.4 Å². The SMILES string of the molecule is CCOC(=O)/C=C/C1=CC=CC=C(C(=O)OCC)C1. The van der Waals surface area contributed by atoms with Crippen molar-refractivity contribution in [3.05, 3.63) is 47.6 Å². The molecule has 0 aromatic rings. The molecule has 102 valence electrons. The first kappa shape index (κ1) is 15.0. The van der Waals surface area contributed by atoms with Gasteiger partial charge in [-0.1, -0.05) is 30.4 Å². The van der Waals surface area contributed by atoms with Gasteiger partial charge < -0.3 is 9.47 Å². The largest absolute Gasteiger partial charge is 0.463 e. The molecule has 19 heavy (non-hydrogen) atoms. The summed E-state index contributed by atoms with van der Waals surface area (Å²) in [4.78, 5) is 22.9. The lowest BCUT2D eigenvalue weighted by Crippen LogP contribution is -2.08. The van der Waals surface area contributed by atoms with Crippen molar-refractivity contribution in [1.82, 2.24) is 0 Å². The van der Waals surface area contributed by atoms with Crippen molar-refractivity contribution in [2.75, 3.05) is 13.2 Å². The first-order valence-corrected chi connectivity index (χ1v) is 6.25. The zero-order chi connectivity index (χ0) is 14.1. The monoisotopic (exact) mass is 262 g/mol. The minimum absolute atomic E-state index is 0.329. The highest BCUT2D eigenvalue weighted by Gasteiger charge is 2.12. The van der Waals surface area contributed by atoms with Gasteiger partial charge in [0.25, 0.3) is 0 Å². The number of ether oxygens (including phenoxy) is 2. The van der Waals surface area contributed by atoms with Gasteiger partial charge in [0.1, 0.15) is 0 Å². The van der Waals surface area contributed by atoms with Crippen LogP contribution >= 0.6 is 0 Å². The molecule has 0 spiro atoms. The third kappa shape index (κ3) is 5.38. The van der Waals surface area contributed by atoms with Crippen molar-refractivity contribution >= 4 is 11.9 Å². The molecule has 0 atom stereocenters. The Balaban J connectivity index is 2.69. The summed E-state index contributed by atoms with van der Waals surface area (Å²) in [5.74, 6) is -0.720. The van der Waals surface area contributed by atoms with Crippen molar-refractivity contribution in [1.29, 1.82) is 0 Å². The van der Waals surface area contributed by atoms with E-state index in [0.29, 0.717) is 25.2 Å². The normalized spacial score (nSPS) is 14.6. The second kappa shape index (κ2) is 8.08. The Hall–Kier alpha value is -2.10. The van der Waals surface area contributed by atoms with Crippen LogP contribution in [0.1, 0.15) is 20.3 Å². The van der Waals surface area contributed by atoms with Crippen molar-refractivity contribution in [2.24, 2.45) is 0 Å². The number of hydrogen-bond donors (Lipinski definition) is 0. The summed E-state index contributed by atoms with van der Waals surface area (Å²) >= 11 is 0. The number of allylic oxidation sites excluding steroid dienone is 6. The molecule has 0 heterocycles. The summed E-state index contributed by atoms with van der Waals surface area (Å²) in [6.07, 6.45) is 10.6. The van der Waals surface area contributed by atoms with Crippen LogP contribution in [0.4, 0.5) is 0 Å². The van der Waals surface area contributed by atoms with Crippen LogP contribution in [0, 0.1) is 0 Å². The molecule has 1 aliphatic carbocycles. The molecule has 0 aliphatic heterocycles. The van der Waals surface area contributed by atoms with Crippen molar-refractivity contribution in [3.8, 4) is 0 Å². The number of esters is 2. The molecule has 0 fully saturated rings. The predicted octanol–water partition coefficient (Wildman–Crippen LogP) is 2.48. The molecule has 4 nitrogen and oxygen atoms in total. The fourth-order valence-corrected chi connectivity index (χ4v) is 1.53. The molecule has 1 rings (SSSR count). The molecule has 0 N–H and O–H groups in total. The van der Waals surface area contributed by atoms with Gasteiger partial charge >= 0.3 is 11.9 Å². The summed E-state index contributed by atoms with van der Waals surface area (Å²) in [5.41, 5.74) is 1.41. The van der Waals surface area contributed by atoms with Crippen molar-refractivity contribution < 1.29 is 19.1 Å². The fraction of sp³-hybridized carbons (Fsp3) is 0.333. The van der Waals surface area contributed by atoms with Crippen molar-refractivity contribution in [3.63, 3.8) is 0 Å². The van der Waals surface area contributed by atoms with Gasteiger partial charge in [-0.2, -0.15) is 0 Å². The van der Waals surface area contributed by atoms with Crippen molar-refractivity contribution in [2.45, 2.75) is 20.3 Å². The summed E-state index contributed by atoms with van der Waals surface area (Å²) in [5, 5.41) is 0. The average Bonchev–Trinajstić information content (AvgIpc) is 2.62. The number of rotatable bonds is 5. The molecule has 0 saturated heterocycles. The zero-order valence-corrected chi connectivity index (χ0v) is 11.2. The molecular formula is C15H18O4. The maximum Gasteiger partial charge on any atom is 0.334 e. The molecule has 0 aromatic carbocycles. The summed E-state index contributed by atoms with van der Waals surface area (Å²) in [7, 11) is 0.